The molecule has 1 saturated carbocycles. The molecular formula is C18H20. The first-order chi connectivity index (χ1) is 8.84. The van der Waals surface area contributed by atoms with Gasteiger partial charge in [0.1, 0.15) is 0 Å². The highest BCUT2D eigenvalue weighted by Gasteiger charge is 2.63. The summed E-state index contributed by atoms with van der Waals surface area (Å²) in [5.41, 5.74) is 4.23. The molecule has 18 heavy (non-hydrogen) atoms. The van der Waals surface area contributed by atoms with E-state index >= 15 is 0 Å². The van der Waals surface area contributed by atoms with Gasteiger partial charge in [-0.05, 0) is 60.5 Å². The minimum Gasteiger partial charge on any atom is -0.0774 e. The Hall–Kier alpha value is -1.30. The van der Waals surface area contributed by atoms with Gasteiger partial charge in [-0.1, -0.05) is 48.6 Å². The third kappa shape index (κ3) is 1.38. The van der Waals surface area contributed by atoms with Crippen molar-refractivity contribution >= 4 is 0 Å². The molecule has 0 aromatic heterocycles. The number of benzene rings is 1. The lowest BCUT2D eigenvalue weighted by atomic mass is 9.82. The summed E-state index contributed by atoms with van der Waals surface area (Å²) in [5.74, 6) is 0. The van der Waals surface area contributed by atoms with E-state index < -0.39 is 0 Å². The third-order valence-corrected chi connectivity index (χ3v) is 5.47. The first-order valence-corrected chi connectivity index (χ1v) is 7.28. The Morgan fingerprint density at radius 2 is 1.44 bits per heavy atom. The van der Waals surface area contributed by atoms with Gasteiger partial charge < -0.3 is 0 Å². The number of rotatable bonds is 0. The van der Waals surface area contributed by atoms with Gasteiger partial charge in [0.05, 0.1) is 0 Å². The zero-order valence-corrected chi connectivity index (χ0v) is 10.9. The highest BCUT2D eigenvalue weighted by Crippen LogP contribution is 2.71. The Kier molecular flexibility index (Phi) is 2.12. The molecule has 0 aliphatic heterocycles. The summed E-state index contributed by atoms with van der Waals surface area (Å²) in [4.78, 5) is 0. The molecular weight excluding hydrogens is 216 g/mol. The van der Waals surface area contributed by atoms with Crippen LogP contribution in [0.1, 0.15) is 36.8 Å². The van der Waals surface area contributed by atoms with Crippen LogP contribution in [-0.4, -0.2) is 0 Å². The molecule has 1 aromatic rings. The summed E-state index contributed by atoms with van der Waals surface area (Å²) in [6, 6.07) is 9.06. The largest absolute Gasteiger partial charge is 0.0774 e. The second-order valence-corrected chi connectivity index (χ2v) is 6.33. The smallest absolute Gasteiger partial charge is 0.00120 e. The van der Waals surface area contributed by atoms with Gasteiger partial charge in [0.25, 0.3) is 0 Å². The minimum absolute atomic E-state index is 0.513. The van der Waals surface area contributed by atoms with Crippen LogP contribution < -0.4 is 0 Å². The summed E-state index contributed by atoms with van der Waals surface area (Å²) in [7, 11) is 0. The standard InChI is InChI=1S/C18H20/c1-2-7-16-9-13-18-11-4-3-10-17(18,14-18)12-5-8-15(16)6-1/h1-4,6-7,10-11H,5,8-9,12-14H2. The summed E-state index contributed by atoms with van der Waals surface area (Å²) in [5, 5.41) is 0. The third-order valence-electron chi connectivity index (χ3n) is 5.47. The zero-order valence-electron chi connectivity index (χ0n) is 10.9. The first-order valence-electron chi connectivity index (χ1n) is 7.28. The lowest BCUT2D eigenvalue weighted by Gasteiger charge is -2.22. The SMILES string of the molecule is C1=CC23CCCc4ccccc4CCC2(C=C1)C3. The molecule has 0 saturated heterocycles. The van der Waals surface area contributed by atoms with Crippen molar-refractivity contribution in [1.29, 1.82) is 0 Å². The van der Waals surface area contributed by atoms with Crippen molar-refractivity contribution in [2.45, 2.75) is 38.5 Å². The molecule has 0 N–H and O–H groups in total. The van der Waals surface area contributed by atoms with Crippen LogP contribution in [0, 0.1) is 10.8 Å². The van der Waals surface area contributed by atoms with E-state index in [1.807, 2.05) is 0 Å². The van der Waals surface area contributed by atoms with Gasteiger partial charge in [0, 0.05) is 0 Å². The Balaban J connectivity index is 1.69. The molecule has 2 atom stereocenters. The molecule has 4 rings (SSSR count). The zero-order chi connectivity index (χ0) is 12.1. The van der Waals surface area contributed by atoms with Crippen molar-refractivity contribution in [2.75, 3.05) is 0 Å². The Bertz CT molecular complexity index is 537. The Morgan fingerprint density at radius 1 is 0.778 bits per heavy atom. The van der Waals surface area contributed by atoms with Crippen LogP contribution in [-0.2, 0) is 12.8 Å². The van der Waals surface area contributed by atoms with Crippen molar-refractivity contribution in [3.8, 4) is 0 Å². The Morgan fingerprint density at radius 3 is 2.22 bits per heavy atom. The van der Waals surface area contributed by atoms with E-state index in [0.29, 0.717) is 10.8 Å². The monoisotopic (exact) mass is 236 g/mol. The van der Waals surface area contributed by atoms with Crippen LogP contribution in [0.5, 0.6) is 0 Å². The number of fused-ring (bicyclic) bond motifs is 1. The molecule has 3 aliphatic rings. The maximum atomic E-state index is 2.50. The molecule has 0 heteroatoms. The average Bonchev–Trinajstić information content (AvgIpc) is 3.06. The van der Waals surface area contributed by atoms with E-state index in [1.165, 1.54) is 38.5 Å². The molecule has 0 radical (unpaired) electrons. The van der Waals surface area contributed by atoms with Crippen LogP contribution in [0.15, 0.2) is 48.6 Å². The van der Waals surface area contributed by atoms with Gasteiger partial charge in [-0.3, -0.25) is 0 Å². The fraction of sp³-hybridized carbons (Fsp3) is 0.444. The van der Waals surface area contributed by atoms with Crippen molar-refractivity contribution in [3.05, 3.63) is 59.7 Å². The highest BCUT2D eigenvalue weighted by molar-refractivity contribution is 5.38. The second-order valence-electron chi connectivity index (χ2n) is 6.33. The van der Waals surface area contributed by atoms with Gasteiger partial charge in [-0.2, -0.15) is 0 Å². The van der Waals surface area contributed by atoms with E-state index in [1.54, 1.807) is 11.1 Å². The molecule has 92 valence electrons. The average molecular weight is 236 g/mol. The van der Waals surface area contributed by atoms with Crippen LogP contribution in [0.2, 0.25) is 0 Å². The fourth-order valence-electron chi connectivity index (χ4n) is 4.29. The van der Waals surface area contributed by atoms with Crippen LogP contribution in [0.25, 0.3) is 0 Å². The molecule has 0 spiro atoms. The second kappa shape index (κ2) is 3.60. The molecule has 2 unspecified atom stereocenters. The van der Waals surface area contributed by atoms with Crippen LogP contribution in [0.4, 0.5) is 0 Å². The predicted molar refractivity (Wildman–Crippen MR) is 75.5 cm³/mol. The maximum absolute atomic E-state index is 2.50. The molecule has 0 nitrogen and oxygen atoms in total. The first kappa shape index (κ1) is 10.6. The van der Waals surface area contributed by atoms with E-state index in [4.69, 9.17) is 0 Å². The number of hydrogen-bond acceptors (Lipinski definition) is 0. The molecule has 0 bridgehead atoms. The topological polar surface area (TPSA) is 0 Å². The molecule has 0 heterocycles. The molecule has 1 aromatic carbocycles. The van der Waals surface area contributed by atoms with Crippen molar-refractivity contribution in [1.82, 2.24) is 0 Å². The normalized spacial score (nSPS) is 36.7. The van der Waals surface area contributed by atoms with Gasteiger partial charge in [-0.25, -0.2) is 0 Å². The quantitative estimate of drug-likeness (QED) is 0.624. The van der Waals surface area contributed by atoms with Gasteiger partial charge in [0.15, 0.2) is 0 Å². The van der Waals surface area contributed by atoms with Crippen LogP contribution in [0.3, 0.4) is 0 Å². The fourth-order valence-corrected chi connectivity index (χ4v) is 4.29. The van der Waals surface area contributed by atoms with Crippen molar-refractivity contribution < 1.29 is 0 Å². The summed E-state index contributed by atoms with van der Waals surface area (Å²) >= 11 is 0. The van der Waals surface area contributed by atoms with Gasteiger partial charge in [0.2, 0.25) is 0 Å². The Labute approximate surface area is 109 Å². The lowest BCUT2D eigenvalue weighted by molar-refractivity contribution is 0.412. The van der Waals surface area contributed by atoms with Gasteiger partial charge in [-0.15, -0.1) is 0 Å². The number of allylic oxidation sites excluding steroid dienone is 4. The highest BCUT2D eigenvalue weighted by atomic mass is 14.7. The van der Waals surface area contributed by atoms with E-state index in [2.05, 4.69) is 48.6 Å². The molecule has 1 fully saturated rings. The lowest BCUT2D eigenvalue weighted by Crippen LogP contribution is -2.13. The summed E-state index contributed by atoms with van der Waals surface area (Å²) in [6.45, 7) is 0. The number of aryl methyl sites for hydroxylation is 2. The minimum atomic E-state index is 0.513. The molecule has 3 aliphatic carbocycles. The van der Waals surface area contributed by atoms with Crippen LogP contribution >= 0.6 is 0 Å². The van der Waals surface area contributed by atoms with E-state index in [-0.39, 0.29) is 0 Å². The summed E-state index contributed by atoms with van der Waals surface area (Å²) < 4.78 is 0. The maximum Gasteiger partial charge on any atom is -0.00120 e. The molecule has 0 amide bonds. The van der Waals surface area contributed by atoms with E-state index in [9.17, 15) is 0 Å². The van der Waals surface area contributed by atoms with Crippen molar-refractivity contribution in [3.63, 3.8) is 0 Å². The predicted octanol–water partition coefficient (Wildman–Crippen LogP) is 4.46. The van der Waals surface area contributed by atoms with E-state index in [0.717, 1.165) is 0 Å². The van der Waals surface area contributed by atoms with Crippen molar-refractivity contribution in [2.24, 2.45) is 10.8 Å². The van der Waals surface area contributed by atoms with Gasteiger partial charge >= 0.3 is 0 Å². The number of hydrogen-bond donors (Lipinski definition) is 0. The summed E-state index contributed by atoms with van der Waals surface area (Å²) in [6.07, 6.45) is 17.5.